The molecule has 17 heavy (non-hydrogen) atoms. The van der Waals surface area contributed by atoms with E-state index in [4.69, 9.17) is 9.57 Å². The summed E-state index contributed by atoms with van der Waals surface area (Å²) in [7, 11) is 1.28. The molecule has 1 fully saturated rings. The van der Waals surface area contributed by atoms with Crippen LogP contribution in [0.5, 0.6) is 0 Å². The van der Waals surface area contributed by atoms with Crippen LogP contribution in [0.2, 0.25) is 0 Å². The van der Waals surface area contributed by atoms with E-state index >= 15 is 0 Å². The van der Waals surface area contributed by atoms with Gasteiger partial charge in [0.05, 0.1) is 11.6 Å². The van der Waals surface area contributed by atoms with Crippen LogP contribution in [0.1, 0.15) is 6.42 Å². The Hall–Kier alpha value is -1.21. The van der Waals surface area contributed by atoms with Crippen molar-refractivity contribution in [3.8, 4) is 0 Å². The molecule has 3 aliphatic rings. The third-order valence-corrected chi connectivity index (χ3v) is 3.65. The van der Waals surface area contributed by atoms with Crippen molar-refractivity contribution < 1.29 is 23.9 Å². The number of epoxide rings is 1. The van der Waals surface area contributed by atoms with Crippen LogP contribution >= 0.6 is 15.9 Å². The Kier molecular flexibility index (Phi) is 2.18. The molecule has 0 bridgehead atoms. The van der Waals surface area contributed by atoms with Crippen LogP contribution in [-0.2, 0) is 23.9 Å². The molecular formula is C10H8BrNO5. The van der Waals surface area contributed by atoms with Gasteiger partial charge in [0.15, 0.2) is 17.4 Å². The highest BCUT2D eigenvalue weighted by atomic mass is 79.9. The zero-order valence-electron chi connectivity index (χ0n) is 8.81. The highest BCUT2D eigenvalue weighted by Gasteiger charge is 2.65. The van der Waals surface area contributed by atoms with Crippen LogP contribution in [0, 0.1) is 0 Å². The van der Waals surface area contributed by atoms with Crippen LogP contribution in [0.25, 0.3) is 0 Å². The monoisotopic (exact) mass is 301 g/mol. The molecule has 3 atom stereocenters. The number of esters is 1. The van der Waals surface area contributed by atoms with Gasteiger partial charge < -0.3 is 14.3 Å². The predicted octanol–water partition coefficient (Wildman–Crippen LogP) is 0.303. The lowest BCUT2D eigenvalue weighted by molar-refractivity contribution is -0.132. The Bertz CT molecular complexity index is 485. The summed E-state index contributed by atoms with van der Waals surface area (Å²) in [6.07, 6.45) is 1.02. The van der Waals surface area contributed by atoms with Crippen molar-refractivity contribution in [2.75, 3.05) is 7.11 Å². The van der Waals surface area contributed by atoms with E-state index in [0.717, 1.165) is 0 Å². The molecule has 2 aliphatic heterocycles. The van der Waals surface area contributed by atoms with Crippen molar-refractivity contribution in [2.45, 2.75) is 24.2 Å². The van der Waals surface area contributed by atoms with Gasteiger partial charge in [-0.1, -0.05) is 5.16 Å². The maximum absolute atomic E-state index is 11.6. The molecule has 1 aliphatic carbocycles. The van der Waals surface area contributed by atoms with Gasteiger partial charge in [0, 0.05) is 6.42 Å². The lowest BCUT2D eigenvalue weighted by atomic mass is 9.86. The summed E-state index contributed by atoms with van der Waals surface area (Å²) in [6.45, 7) is 0. The minimum atomic E-state index is -0.846. The quantitative estimate of drug-likeness (QED) is 0.514. The fourth-order valence-electron chi connectivity index (χ4n) is 2.11. The van der Waals surface area contributed by atoms with E-state index in [2.05, 4.69) is 25.8 Å². The Morgan fingerprint density at radius 3 is 3.18 bits per heavy atom. The molecule has 3 unspecified atom stereocenters. The molecule has 1 saturated heterocycles. The summed E-state index contributed by atoms with van der Waals surface area (Å²) in [5.41, 5.74) is -0.645. The topological polar surface area (TPSA) is 77.5 Å². The zero-order chi connectivity index (χ0) is 12.2. The van der Waals surface area contributed by atoms with Gasteiger partial charge in [-0.25, -0.2) is 4.79 Å². The first-order chi connectivity index (χ1) is 8.07. The molecule has 6 nitrogen and oxygen atoms in total. The smallest absolute Gasteiger partial charge is 0.356 e. The molecule has 2 heterocycles. The molecule has 0 aromatic carbocycles. The fraction of sp³-hybridized carbons (Fsp3) is 0.500. The van der Waals surface area contributed by atoms with E-state index in [9.17, 15) is 9.59 Å². The van der Waals surface area contributed by atoms with Gasteiger partial charge in [-0.15, -0.1) is 0 Å². The van der Waals surface area contributed by atoms with E-state index in [1.807, 2.05) is 0 Å². The lowest BCUT2D eigenvalue weighted by Gasteiger charge is -2.23. The van der Waals surface area contributed by atoms with Crippen molar-refractivity contribution in [2.24, 2.45) is 5.16 Å². The molecule has 0 aromatic rings. The van der Waals surface area contributed by atoms with E-state index in [1.165, 1.54) is 7.11 Å². The second-order valence-corrected chi connectivity index (χ2v) is 4.94. The Morgan fingerprint density at radius 2 is 2.47 bits per heavy atom. The van der Waals surface area contributed by atoms with Gasteiger partial charge in [0.25, 0.3) is 0 Å². The van der Waals surface area contributed by atoms with Crippen molar-refractivity contribution in [1.29, 1.82) is 0 Å². The summed E-state index contributed by atoms with van der Waals surface area (Å²) < 4.78 is 10.3. The maximum atomic E-state index is 11.6. The number of hydrogen-bond donors (Lipinski definition) is 0. The summed E-state index contributed by atoms with van der Waals surface area (Å²) in [5.74, 6) is -0.628. The summed E-state index contributed by atoms with van der Waals surface area (Å²) >= 11 is 3.16. The lowest BCUT2D eigenvalue weighted by Crippen LogP contribution is -2.40. The number of halogens is 1. The highest BCUT2D eigenvalue weighted by Crippen LogP contribution is 2.47. The zero-order valence-corrected chi connectivity index (χ0v) is 10.4. The van der Waals surface area contributed by atoms with Gasteiger partial charge in [-0.3, -0.25) is 4.79 Å². The normalized spacial score (nSPS) is 38.1. The van der Waals surface area contributed by atoms with Crippen LogP contribution in [0.4, 0.5) is 0 Å². The number of methoxy groups -OCH3 is 1. The molecule has 0 radical (unpaired) electrons. The maximum Gasteiger partial charge on any atom is 0.356 e. The largest absolute Gasteiger partial charge is 0.464 e. The summed E-state index contributed by atoms with van der Waals surface area (Å²) in [4.78, 5) is 28.2. The molecule has 0 N–H and O–H groups in total. The number of ketones is 1. The number of nitrogens with zero attached hydrogens (tertiary/aromatic N) is 1. The molecule has 3 rings (SSSR count). The van der Waals surface area contributed by atoms with Crippen molar-refractivity contribution in [1.82, 2.24) is 0 Å². The first-order valence-corrected chi connectivity index (χ1v) is 5.78. The SMILES string of the molecule is COC(=O)C1=NOC2(C=C(Br)C(=O)C3OC32)C1. The second-order valence-electron chi connectivity index (χ2n) is 4.09. The second kappa shape index (κ2) is 3.39. The molecule has 7 heteroatoms. The van der Waals surface area contributed by atoms with E-state index in [-0.39, 0.29) is 24.0 Å². The van der Waals surface area contributed by atoms with Gasteiger partial charge in [0.2, 0.25) is 5.78 Å². The number of Topliss-reactive ketones (excluding diaryl/α,β-unsaturated/α-hetero) is 1. The standard InChI is InChI=1S/C10H8BrNO5/c1-15-9(14)5-3-10(17-12-5)2-4(11)6(13)7-8(10)16-7/h2,7-8H,3H2,1H3. The van der Waals surface area contributed by atoms with Crippen LogP contribution in [-0.4, -0.2) is 42.4 Å². The van der Waals surface area contributed by atoms with E-state index in [0.29, 0.717) is 4.48 Å². The number of hydrogen-bond acceptors (Lipinski definition) is 6. The Labute approximate surface area is 105 Å². The average molecular weight is 302 g/mol. The predicted molar refractivity (Wildman–Crippen MR) is 58.6 cm³/mol. The van der Waals surface area contributed by atoms with Gasteiger partial charge >= 0.3 is 5.97 Å². The van der Waals surface area contributed by atoms with Gasteiger partial charge in [-0.05, 0) is 22.0 Å². The average Bonchev–Trinajstić information content (AvgIpc) is 3.03. The molecule has 0 saturated carbocycles. The fourth-order valence-corrected chi connectivity index (χ4v) is 2.72. The van der Waals surface area contributed by atoms with Crippen molar-refractivity contribution in [3.05, 3.63) is 10.6 Å². The van der Waals surface area contributed by atoms with Gasteiger partial charge in [0.1, 0.15) is 6.10 Å². The number of fused-ring (bicyclic) bond motifs is 2. The number of ether oxygens (including phenoxy) is 2. The Morgan fingerprint density at radius 1 is 1.71 bits per heavy atom. The Balaban J connectivity index is 1.87. The summed E-state index contributed by atoms with van der Waals surface area (Å²) in [5, 5.41) is 3.71. The van der Waals surface area contributed by atoms with E-state index in [1.54, 1.807) is 6.08 Å². The first kappa shape index (κ1) is 10.9. The highest BCUT2D eigenvalue weighted by molar-refractivity contribution is 9.12. The molecule has 1 spiro atoms. The number of carbonyl (C=O) groups excluding carboxylic acids is 2. The minimum Gasteiger partial charge on any atom is -0.464 e. The third-order valence-electron chi connectivity index (χ3n) is 3.03. The number of carbonyl (C=O) groups is 2. The third kappa shape index (κ3) is 1.45. The molecule has 0 amide bonds. The minimum absolute atomic E-state index is 0.101. The van der Waals surface area contributed by atoms with E-state index < -0.39 is 17.7 Å². The molecule has 90 valence electrons. The van der Waals surface area contributed by atoms with Crippen molar-refractivity contribution in [3.63, 3.8) is 0 Å². The van der Waals surface area contributed by atoms with Gasteiger partial charge in [-0.2, -0.15) is 0 Å². The van der Waals surface area contributed by atoms with Crippen LogP contribution in [0.3, 0.4) is 0 Å². The number of oxime groups is 1. The first-order valence-electron chi connectivity index (χ1n) is 4.99. The molecular weight excluding hydrogens is 294 g/mol. The van der Waals surface area contributed by atoms with Crippen LogP contribution in [0.15, 0.2) is 15.7 Å². The van der Waals surface area contributed by atoms with Crippen LogP contribution < -0.4 is 0 Å². The summed E-state index contributed by atoms with van der Waals surface area (Å²) in [6, 6.07) is 0. The number of rotatable bonds is 1. The molecule has 0 aromatic heterocycles. The van der Waals surface area contributed by atoms with Crippen molar-refractivity contribution >= 4 is 33.4 Å².